The highest BCUT2D eigenvalue weighted by atomic mass is 19.1. The average Bonchev–Trinajstić information content (AvgIpc) is 2.05. The predicted molar refractivity (Wildman–Crippen MR) is 36.1 cm³/mol. The number of ether oxygens (including phenoxy) is 1. The molecule has 4 heteroatoms. The molecule has 1 heterocycles. The van der Waals surface area contributed by atoms with Gasteiger partial charge in [0.1, 0.15) is 6.67 Å². The molecule has 1 aliphatic rings. The molecule has 0 bridgehead atoms. The van der Waals surface area contributed by atoms with E-state index in [1.54, 1.807) is 0 Å². The summed E-state index contributed by atoms with van der Waals surface area (Å²) in [6.07, 6.45) is 1.85. The second-order valence-electron chi connectivity index (χ2n) is 2.74. The summed E-state index contributed by atoms with van der Waals surface area (Å²) >= 11 is 0. The number of carboxylic acid groups (broad SMARTS) is 1. The lowest BCUT2D eigenvalue weighted by molar-refractivity contribution is -0.174. The molecule has 64 valence electrons. The lowest BCUT2D eigenvalue weighted by Crippen LogP contribution is -2.46. The molecule has 1 N–H and O–H groups in total. The van der Waals surface area contributed by atoms with Crippen molar-refractivity contribution in [3.63, 3.8) is 0 Å². The van der Waals surface area contributed by atoms with E-state index in [1.165, 1.54) is 0 Å². The van der Waals surface area contributed by atoms with Gasteiger partial charge in [-0.15, -0.1) is 0 Å². The Morgan fingerprint density at radius 1 is 1.64 bits per heavy atom. The minimum absolute atomic E-state index is 0.291. The molecule has 0 spiro atoms. The highest BCUT2D eigenvalue weighted by Crippen LogP contribution is 2.25. The monoisotopic (exact) mass is 162 g/mol. The molecule has 0 aromatic heterocycles. The molecule has 0 radical (unpaired) electrons. The number of carboxylic acids is 1. The topological polar surface area (TPSA) is 46.5 Å². The molecule has 0 amide bonds. The van der Waals surface area contributed by atoms with Crippen LogP contribution in [0.5, 0.6) is 0 Å². The SMILES string of the molecule is O=C(O)C1(CF)CCCCO1. The van der Waals surface area contributed by atoms with Crippen molar-refractivity contribution in [1.82, 2.24) is 0 Å². The lowest BCUT2D eigenvalue weighted by Gasteiger charge is -2.30. The summed E-state index contributed by atoms with van der Waals surface area (Å²) in [5, 5.41) is 8.62. The van der Waals surface area contributed by atoms with E-state index in [4.69, 9.17) is 9.84 Å². The first-order valence-corrected chi connectivity index (χ1v) is 3.64. The molecule has 1 unspecified atom stereocenters. The van der Waals surface area contributed by atoms with Crippen molar-refractivity contribution in [2.24, 2.45) is 0 Å². The number of hydrogen-bond acceptors (Lipinski definition) is 2. The average molecular weight is 162 g/mol. The van der Waals surface area contributed by atoms with Gasteiger partial charge in [0.25, 0.3) is 0 Å². The van der Waals surface area contributed by atoms with Gasteiger partial charge in [0.15, 0.2) is 5.60 Å². The van der Waals surface area contributed by atoms with Crippen LogP contribution >= 0.6 is 0 Å². The second kappa shape index (κ2) is 3.17. The summed E-state index contributed by atoms with van der Waals surface area (Å²) in [5.74, 6) is -1.18. The van der Waals surface area contributed by atoms with Gasteiger partial charge in [-0.3, -0.25) is 0 Å². The minimum Gasteiger partial charge on any atom is -0.479 e. The van der Waals surface area contributed by atoms with Crippen molar-refractivity contribution >= 4 is 5.97 Å². The van der Waals surface area contributed by atoms with E-state index in [2.05, 4.69) is 0 Å². The fourth-order valence-electron chi connectivity index (χ4n) is 1.18. The van der Waals surface area contributed by atoms with Crippen LogP contribution < -0.4 is 0 Å². The number of aliphatic carboxylic acids is 1. The molecule has 1 fully saturated rings. The van der Waals surface area contributed by atoms with Gasteiger partial charge in [0, 0.05) is 6.61 Å². The smallest absolute Gasteiger partial charge is 0.338 e. The summed E-state index contributed by atoms with van der Waals surface area (Å²) < 4.78 is 17.2. The Morgan fingerprint density at radius 3 is 2.64 bits per heavy atom. The molecule has 0 aromatic rings. The van der Waals surface area contributed by atoms with E-state index in [-0.39, 0.29) is 0 Å². The summed E-state index contributed by atoms with van der Waals surface area (Å²) in [5.41, 5.74) is -1.53. The van der Waals surface area contributed by atoms with E-state index < -0.39 is 18.2 Å². The Bertz CT molecular complexity index is 152. The Labute approximate surface area is 64.2 Å². The maximum Gasteiger partial charge on any atom is 0.338 e. The molecule has 1 rings (SSSR count). The van der Waals surface area contributed by atoms with E-state index in [0.29, 0.717) is 13.0 Å². The Morgan fingerprint density at radius 2 is 2.36 bits per heavy atom. The van der Waals surface area contributed by atoms with Crippen molar-refractivity contribution in [3.8, 4) is 0 Å². The van der Waals surface area contributed by atoms with E-state index in [0.717, 1.165) is 12.8 Å². The van der Waals surface area contributed by atoms with Crippen LogP contribution in [0.15, 0.2) is 0 Å². The van der Waals surface area contributed by atoms with Gasteiger partial charge in [0.05, 0.1) is 0 Å². The lowest BCUT2D eigenvalue weighted by atomic mass is 9.95. The van der Waals surface area contributed by atoms with E-state index in [1.807, 2.05) is 0 Å². The molecule has 11 heavy (non-hydrogen) atoms. The number of hydrogen-bond donors (Lipinski definition) is 1. The zero-order valence-electron chi connectivity index (χ0n) is 6.18. The van der Waals surface area contributed by atoms with Crippen molar-refractivity contribution in [3.05, 3.63) is 0 Å². The van der Waals surface area contributed by atoms with Crippen LogP contribution in [-0.4, -0.2) is 30.0 Å². The Balaban J connectivity index is 2.64. The van der Waals surface area contributed by atoms with Gasteiger partial charge < -0.3 is 9.84 Å². The van der Waals surface area contributed by atoms with Gasteiger partial charge >= 0.3 is 5.97 Å². The molecule has 1 aliphatic heterocycles. The van der Waals surface area contributed by atoms with Gasteiger partial charge in [-0.25, -0.2) is 9.18 Å². The second-order valence-corrected chi connectivity index (χ2v) is 2.74. The number of halogens is 1. The first-order chi connectivity index (χ1) is 5.21. The summed E-state index contributed by atoms with van der Waals surface area (Å²) in [6.45, 7) is -0.571. The highest BCUT2D eigenvalue weighted by molar-refractivity contribution is 5.77. The van der Waals surface area contributed by atoms with Crippen molar-refractivity contribution < 1.29 is 19.0 Å². The van der Waals surface area contributed by atoms with Gasteiger partial charge in [0.2, 0.25) is 0 Å². The maximum absolute atomic E-state index is 12.3. The Hall–Kier alpha value is -0.640. The minimum atomic E-state index is -1.53. The fraction of sp³-hybridized carbons (Fsp3) is 0.857. The quantitative estimate of drug-likeness (QED) is 0.658. The summed E-state index contributed by atoms with van der Waals surface area (Å²) in [6, 6.07) is 0. The molecule has 0 aromatic carbocycles. The van der Waals surface area contributed by atoms with Crippen LogP contribution in [0, 0.1) is 0 Å². The number of alkyl halides is 1. The first kappa shape index (κ1) is 8.46. The van der Waals surface area contributed by atoms with Crippen molar-refractivity contribution in [1.29, 1.82) is 0 Å². The number of rotatable bonds is 2. The van der Waals surface area contributed by atoms with Gasteiger partial charge in [-0.05, 0) is 19.3 Å². The molecule has 3 nitrogen and oxygen atoms in total. The van der Waals surface area contributed by atoms with E-state index >= 15 is 0 Å². The van der Waals surface area contributed by atoms with Gasteiger partial charge in [-0.1, -0.05) is 0 Å². The van der Waals surface area contributed by atoms with Crippen LogP contribution in [-0.2, 0) is 9.53 Å². The molecule has 1 atom stereocenters. The molecular weight excluding hydrogens is 151 g/mol. The molecule has 1 saturated heterocycles. The zero-order valence-corrected chi connectivity index (χ0v) is 6.18. The third-order valence-electron chi connectivity index (χ3n) is 1.96. The molecular formula is C7H11FO3. The van der Waals surface area contributed by atoms with E-state index in [9.17, 15) is 9.18 Å². The van der Waals surface area contributed by atoms with Crippen molar-refractivity contribution in [2.45, 2.75) is 24.9 Å². The molecule has 0 saturated carbocycles. The normalized spacial score (nSPS) is 31.7. The van der Waals surface area contributed by atoms with Crippen molar-refractivity contribution in [2.75, 3.05) is 13.3 Å². The summed E-state index contributed by atoms with van der Waals surface area (Å²) in [4.78, 5) is 10.5. The fourth-order valence-corrected chi connectivity index (χ4v) is 1.18. The number of carbonyl (C=O) groups is 1. The predicted octanol–water partition coefficient (Wildman–Crippen LogP) is 0.980. The Kier molecular flexibility index (Phi) is 2.44. The van der Waals surface area contributed by atoms with Crippen LogP contribution in [0.3, 0.4) is 0 Å². The maximum atomic E-state index is 12.3. The standard InChI is InChI=1S/C7H11FO3/c8-5-7(6(9)10)3-1-2-4-11-7/h1-5H2,(H,9,10). The zero-order chi connectivity index (χ0) is 8.32. The van der Waals surface area contributed by atoms with Crippen LogP contribution in [0.25, 0.3) is 0 Å². The third-order valence-corrected chi connectivity index (χ3v) is 1.96. The van der Waals surface area contributed by atoms with Gasteiger partial charge in [-0.2, -0.15) is 0 Å². The van der Waals surface area contributed by atoms with Crippen LogP contribution in [0.4, 0.5) is 4.39 Å². The first-order valence-electron chi connectivity index (χ1n) is 3.64. The summed E-state index contributed by atoms with van der Waals surface area (Å²) in [7, 11) is 0. The van der Waals surface area contributed by atoms with Crippen LogP contribution in [0.1, 0.15) is 19.3 Å². The van der Waals surface area contributed by atoms with Crippen LogP contribution in [0.2, 0.25) is 0 Å². The molecule has 0 aliphatic carbocycles. The third kappa shape index (κ3) is 1.50. The highest BCUT2D eigenvalue weighted by Gasteiger charge is 2.41. The largest absolute Gasteiger partial charge is 0.479 e.